The molecule has 0 radical (unpaired) electrons. The molecule has 3 aromatic rings. The van der Waals surface area contributed by atoms with E-state index in [1.54, 1.807) is 39.4 Å². The lowest BCUT2D eigenvalue weighted by Gasteiger charge is -2.19. The highest BCUT2D eigenvalue weighted by molar-refractivity contribution is 7.10. The molecule has 0 aliphatic carbocycles. The van der Waals surface area contributed by atoms with Gasteiger partial charge in [0, 0.05) is 29.9 Å². The van der Waals surface area contributed by atoms with Crippen LogP contribution in [0.5, 0.6) is 0 Å². The third kappa shape index (κ3) is 4.06. The van der Waals surface area contributed by atoms with Crippen LogP contribution < -0.4 is 5.32 Å². The number of aryl methyl sites for hydroxylation is 1. The largest absolute Gasteiger partial charge is 0.329 e. The Morgan fingerprint density at radius 2 is 2.19 bits per heavy atom. The van der Waals surface area contributed by atoms with Gasteiger partial charge in [0.05, 0.1) is 17.8 Å². The first-order valence-corrected chi connectivity index (χ1v) is 9.66. The van der Waals surface area contributed by atoms with E-state index < -0.39 is 0 Å². The second kappa shape index (κ2) is 7.71. The van der Waals surface area contributed by atoms with Crippen molar-refractivity contribution in [1.29, 1.82) is 0 Å². The average Bonchev–Trinajstić information content (AvgIpc) is 3.28. The smallest absolute Gasteiger partial charge is 0.255 e. The Balaban J connectivity index is 1.36. The van der Waals surface area contributed by atoms with Crippen molar-refractivity contribution in [1.82, 2.24) is 19.7 Å². The van der Waals surface area contributed by atoms with Crippen molar-refractivity contribution in [3.8, 4) is 0 Å². The third-order valence-electron chi connectivity index (χ3n) is 4.39. The number of aromatic nitrogens is 3. The van der Waals surface area contributed by atoms with Crippen LogP contribution in [0.2, 0.25) is 0 Å². The maximum Gasteiger partial charge on any atom is 0.255 e. The summed E-state index contributed by atoms with van der Waals surface area (Å²) in [7, 11) is 0. The van der Waals surface area contributed by atoms with Crippen molar-refractivity contribution < 1.29 is 9.59 Å². The number of carbonyl (C=O) groups excluding carboxylic acids is 2. The van der Waals surface area contributed by atoms with Crippen LogP contribution in [0.3, 0.4) is 0 Å². The average molecular weight is 381 g/mol. The molecular weight excluding hydrogens is 362 g/mol. The molecule has 7 nitrogen and oxygen atoms in total. The number of hydrogen-bond acceptors (Lipinski definition) is 5. The molecule has 0 bridgehead atoms. The van der Waals surface area contributed by atoms with Gasteiger partial charge in [-0.1, -0.05) is 6.07 Å². The van der Waals surface area contributed by atoms with Crippen molar-refractivity contribution in [2.45, 2.75) is 19.4 Å². The number of nitrogens with one attached hydrogen (secondary N) is 1. The number of hydrogen-bond donors (Lipinski definition) is 1. The second-order valence-electron chi connectivity index (χ2n) is 6.36. The molecule has 8 heteroatoms. The van der Waals surface area contributed by atoms with Crippen LogP contribution in [0, 0.1) is 0 Å². The van der Waals surface area contributed by atoms with Crippen LogP contribution in [0.25, 0.3) is 0 Å². The van der Waals surface area contributed by atoms with Crippen LogP contribution in [0.4, 0.5) is 5.82 Å². The van der Waals surface area contributed by atoms with E-state index in [0.717, 1.165) is 29.0 Å². The molecule has 1 aliphatic heterocycles. The molecule has 0 saturated carbocycles. The molecule has 2 amide bonds. The summed E-state index contributed by atoms with van der Waals surface area (Å²) in [6.45, 7) is 1.14. The molecule has 3 aromatic heterocycles. The Kier molecular flexibility index (Phi) is 4.97. The summed E-state index contributed by atoms with van der Waals surface area (Å²) in [4.78, 5) is 32.0. The summed E-state index contributed by atoms with van der Waals surface area (Å²) in [5, 5.41) is 9.05. The van der Waals surface area contributed by atoms with Crippen LogP contribution in [0.15, 0.2) is 48.1 Å². The minimum atomic E-state index is -0.245. The molecule has 138 valence electrons. The molecule has 0 aromatic carbocycles. The zero-order chi connectivity index (χ0) is 18.6. The maximum atomic E-state index is 12.6. The molecule has 0 saturated heterocycles. The normalized spacial score (nSPS) is 13.9. The summed E-state index contributed by atoms with van der Waals surface area (Å²) in [6.07, 6.45) is 5.28. The molecule has 0 fully saturated rings. The molecule has 1 N–H and O–H groups in total. The molecule has 0 unspecified atom stereocenters. The quantitative estimate of drug-likeness (QED) is 0.736. The summed E-state index contributed by atoms with van der Waals surface area (Å²) in [5.74, 6) is 0.152. The second-order valence-corrected chi connectivity index (χ2v) is 7.36. The minimum absolute atomic E-state index is 0.0290. The van der Waals surface area contributed by atoms with Gasteiger partial charge in [-0.2, -0.15) is 5.10 Å². The van der Waals surface area contributed by atoms with Crippen LogP contribution in [-0.2, 0) is 17.8 Å². The van der Waals surface area contributed by atoms with Gasteiger partial charge in [-0.25, -0.2) is 0 Å². The highest BCUT2D eigenvalue weighted by Gasteiger charge is 2.25. The molecular formula is C19H19N5O2S. The number of amides is 2. The van der Waals surface area contributed by atoms with E-state index in [2.05, 4.69) is 15.4 Å². The lowest BCUT2D eigenvalue weighted by Crippen LogP contribution is -2.38. The number of rotatable bonds is 5. The van der Waals surface area contributed by atoms with Gasteiger partial charge in [0.25, 0.3) is 5.91 Å². The van der Waals surface area contributed by atoms with Crippen LogP contribution >= 0.6 is 11.3 Å². The molecule has 1 aliphatic rings. The van der Waals surface area contributed by atoms with Crippen molar-refractivity contribution in [2.75, 3.05) is 18.4 Å². The van der Waals surface area contributed by atoms with Crippen molar-refractivity contribution in [3.63, 3.8) is 0 Å². The number of carbonyl (C=O) groups is 2. The standard InChI is InChI=1S/C19H19N5O2S/c25-18(13-23-9-3-5-16-15(19(23)26)7-11-27-16)21-17-6-10-24(22-17)12-14-4-1-2-8-20-14/h1-2,4,6-8,10-11H,3,5,9,12-13H2,(H,21,22,25). The van der Waals surface area contributed by atoms with E-state index in [1.807, 2.05) is 29.6 Å². The van der Waals surface area contributed by atoms with Gasteiger partial charge in [0.15, 0.2) is 5.82 Å². The molecule has 0 spiro atoms. The number of fused-ring (bicyclic) bond motifs is 1. The van der Waals surface area contributed by atoms with E-state index in [9.17, 15) is 9.59 Å². The first kappa shape index (κ1) is 17.4. The Hall–Kier alpha value is -3.00. The molecule has 0 atom stereocenters. The van der Waals surface area contributed by atoms with E-state index >= 15 is 0 Å². The van der Waals surface area contributed by atoms with Crippen LogP contribution in [-0.4, -0.2) is 44.6 Å². The predicted molar refractivity (Wildman–Crippen MR) is 103 cm³/mol. The van der Waals surface area contributed by atoms with Gasteiger partial charge < -0.3 is 10.2 Å². The highest BCUT2D eigenvalue weighted by atomic mass is 32.1. The number of pyridine rings is 1. The fourth-order valence-electron chi connectivity index (χ4n) is 3.11. The SMILES string of the molecule is O=C(CN1CCCc2sccc2C1=O)Nc1ccn(Cc2ccccn2)n1. The van der Waals surface area contributed by atoms with Gasteiger partial charge in [-0.15, -0.1) is 11.3 Å². The van der Waals surface area contributed by atoms with Gasteiger partial charge in [-0.05, 0) is 36.4 Å². The zero-order valence-corrected chi connectivity index (χ0v) is 15.5. The lowest BCUT2D eigenvalue weighted by atomic mass is 10.2. The molecule has 4 heterocycles. The summed E-state index contributed by atoms with van der Waals surface area (Å²) < 4.78 is 1.71. The maximum absolute atomic E-state index is 12.6. The summed E-state index contributed by atoms with van der Waals surface area (Å²) in [6, 6.07) is 9.29. The fraction of sp³-hybridized carbons (Fsp3) is 0.263. The topological polar surface area (TPSA) is 80.1 Å². The third-order valence-corrected chi connectivity index (χ3v) is 5.37. The monoisotopic (exact) mass is 381 g/mol. The van der Waals surface area contributed by atoms with Gasteiger partial charge >= 0.3 is 0 Å². The minimum Gasteiger partial charge on any atom is -0.329 e. The number of thiophene rings is 1. The van der Waals surface area contributed by atoms with E-state index in [4.69, 9.17) is 0 Å². The Morgan fingerprint density at radius 1 is 1.26 bits per heavy atom. The first-order valence-electron chi connectivity index (χ1n) is 8.78. The first-order chi connectivity index (χ1) is 13.2. The van der Waals surface area contributed by atoms with E-state index in [1.165, 1.54) is 0 Å². The van der Waals surface area contributed by atoms with Crippen molar-refractivity contribution in [2.24, 2.45) is 0 Å². The lowest BCUT2D eigenvalue weighted by molar-refractivity contribution is -0.116. The summed E-state index contributed by atoms with van der Waals surface area (Å²) in [5.41, 5.74) is 1.62. The van der Waals surface area contributed by atoms with Gasteiger partial charge in [0.1, 0.15) is 6.54 Å². The van der Waals surface area contributed by atoms with Crippen molar-refractivity contribution in [3.05, 3.63) is 64.2 Å². The van der Waals surface area contributed by atoms with Gasteiger partial charge in [-0.3, -0.25) is 19.3 Å². The zero-order valence-electron chi connectivity index (χ0n) is 14.7. The van der Waals surface area contributed by atoms with E-state index in [0.29, 0.717) is 18.9 Å². The van der Waals surface area contributed by atoms with Crippen LogP contribution in [0.1, 0.15) is 27.3 Å². The number of anilines is 1. The Bertz CT molecular complexity index is 950. The fourth-order valence-corrected chi connectivity index (χ4v) is 4.02. The Labute approximate surface area is 160 Å². The number of nitrogens with zero attached hydrogens (tertiary/aromatic N) is 4. The summed E-state index contributed by atoms with van der Waals surface area (Å²) >= 11 is 1.60. The van der Waals surface area contributed by atoms with Crippen molar-refractivity contribution >= 4 is 29.0 Å². The molecule has 27 heavy (non-hydrogen) atoms. The van der Waals surface area contributed by atoms with E-state index in [-0.39, 0.29) is 18.4 Å². The molecule has 4 rings (SSSR count). The highest BCUT2D eigenvalue weighted by Crippen LogP contribution is 2.23. The van der Waals surface area contributed by atoms with Gasteiger partial charge in [0.2, 0.25) is 5.91 Å². The Morgan fingerprint density at radius 3 is 3.04 bits per heavy atom. The predicted octanol–water partition coefficient (Wildman–Crippen LogP) is 2.42.